The average Bonchev–Trinajstić information content (AvgIpc) is 1.73. The van der Waals surface area contributed by atoms with Gasteiger partial charge in [-0.3, -0.25) is 48.4 Å². The molecule has 0 aromatic heterocycles. The molecule has 4 saturated carbocycles. The van der Waals surface area contributed by atoms with Crippen LogP contribution in [0.25, 0.3) is 0 Å². The Bertz CT molecular complexity index is 4640. The summed E-state index contributed by atoms with van der Waals surface area (Å²) in [5.74, 6) is -2.67. The number of amides is 3. The Balaban J connectivity index is 0.000000240. The Morgan fingerprint density at radius 1 is 0.368 bits per heavy atom. The van der Waals surface area contributed by atoms with Gasteiger partial charge in [-0.1, -0.05) is 222 Å². The first kappa shape index (κ1) is 93.8. The lowest BCUT2D eigenvalue weighted by atomic mass is 9.92. The quantitative estimate of drug-likeness (QED) is 0.00887. The molecule has 3 amide bonds. The standard InChI is InChI=1S/C26H26N2O4.C24H28O5.C21H23NO5.C20H20O5.3CH4.B/c29-24(28-31)23-16-26(23,25(30)27-17-20-7-3-1-4-8-20)15-19-11-13-22(14-12-19)32-18-21-9-5-2-6-10-21;1-23(2,3)29-21(25)20-15-24(20,22(26)27-4)14-17-10-12-19(13-11-17)28-16-18-8-6-5-7-9-18;1-25-20(24)21(13-18(21)19(23)22-26-2)12-15-8-10-17(11-9-15)27-14-16-6-4-3-5-7-16;1-24-19(23)20(12-17(20)18(21)22)11-14-7-9-16(10-8-14)25-13-15-5-3-2-4-6-15;;;;/h1-14,23,31H,15-18H2,(H,27,30)(H,28,29);5-13,20H,14-16H2,1-4H3;3-11,18H,12-14H2,1-2H3,(H,22,23);2-10,17H,11-13H2,1H3,(H,21,22);3*1H4;/t23-,26+;20-,24+;18-,21+;17-,20+;;;;/m1111..../s1. The molecule has 3 radical (unpaired) electrons. The number of aliphatic carboxylic acids is 1. The molecular formula is C94H109BN3O19. The maximum Gasteiger partial charge on any atom is 0.313 e. The summed E-state index contributed by atoms with van der Waals surface area (Å²) >= 11 is 0. The lowest BCUT2D eigenvalue weighted by Crippen LogP contribution is -2.37. The van der Waals surface area contributed by atoms with Crippen molar-refractivity contribution in [2.75, 3.05) is 28.4 Å². The number of carboxylic acids is 1. The Labute approximate surface area is 688 Å². The van der Waals surface area contributed by atoms with Crippen LogP contribution in [-0.2, 0) is 121 Å². The van der Waals surface area contributed by atoms with Crippen molar-refractivity contribution in [1.82, 2.24) is 16.3 Å². The molecular weight excluding hydrogens is 1490 g/mol. The van der Waals surface area contributed by atoms with Crippen molar-refractivity contribution in [2.24, 2.45) is 45.3 Å². The third kappa shape index (κ3) is 25.7. The summed E-state index contributed by atoms with van der Waals surface area (Å²) in [4.78, 5) is 102. The van der Waals surface area contributed by atoms with Crippen molar-refractivity contribution in [3.05, 3.63) is 299 Å². The molecule has 0 saturated heterocycles. The molecule has 9 aromatic carbocycles. The van der Waals surface area contributed by atoms with Crippen molar-refractivity contribution >= 4 is 56.0 Å². The topological polar surface area (TPSA) is 296 Å². The van der Waals surface area contributed by atoms with Gasteiger partial charge in [0.15, 0.2) is 0 Å². The number of hydrogen-bond acceptors (Lipinski definition) is 18. The predicted octanol–water partition coefficient (Wildman–Crippen LogP) is 15.2. The molecule has 9 aromatic rings. The zero-order valence-electron chi connectivity index (χ0n) is 65.1. The van der Waals surface area contributed by atoms with Crippen molar-refractivity contribution in [3.63, 3.8) is 0 Å². The molecule has 5 N–H and O–H groups in total. The number of esters is 4. The van der Waals surface area contributed by atoms with Crippen LogP contribution < -0.4 is 35.2 Å². The highest BCUT2D eigenvalue weighted by molar-refractivity contribution is 5.96. The summed E-state index contributed by atoms with van der Waals surface area (Å²) in [7, 11) is 5.36. The second-order valence-electron chi connectivity index (χ2n) is 29.7. The van der Waals surface area contributed by atoms with E-state index in [9.17, 15) is 43.5 Å². The van der Waals surface area contributed by atoms with Gasteiger partial charge in [0, 0.05) is 15.0 Å². The van der Waals surface area contributed by atoms with E-state index in [4.69, 9.17) is 43.1 Å². The van der Waals surface area contributed by atoms with Gasteiger partial charge in [0.2, 0.25) is 17.7 Å². The molecule has 117 heavy (non-hydrogen) atoms. The molecule has 0 bridgehead atoms. The summed E-state index contributed by atoms with van der Waals surface area (Å²) in [6.07, 6.45) is 3.23. The minimum Gasteiger partial charge on any atom is -0.489 e. The van der Waals surface area contributed by atoms with E-state index in [0.717, 1.165) is 73.1 Å². The highest BCUT2D eigenvalue weighted by Crippen LogP contribution is 2.59. The Morgan fingerprint density at radius 3 is 0.932 bits per heavy atom. The molecule has 23 heteroatoms. The fraction of sp³-hybridized carbons (Fsp3) is 0.340. The maximum absolute atomic E-state index is 13.1. The zero-order chi connectivity index (χ0) is 80.6. The van der Waals surface area contributed by atoms with Crippen LogP contribution in [0, 0.1) is 45.3 Å². The lowest BCUT2D eigenvalue weighted by Gasteiger charge is -2.21. The van der Waals surface area contributed by atoms with Gasteiger partial charge >= 0.3 is 29.8 Å². The van der Waals surface area contributed by atoms with E-state index in [1.54, 1.807) is 5.48 Å². The fourth-order valence-corrected chi connectivity index (χ4v) is 14.0. The van der Waals surface area contributed by atoms with E-state index in [1.807, 2.05) is 269 Å². The van der Waals surface area contributed by atoms with Crippen LogP contribution in [0.5, 0.6) is 23.0 Å². The van der Waals surface area contributed by atoms with Crippen molar-refractivity contribution < 1.29 is 91.4 Å². The maximum atomic E-state index is 13.1. The Morgan fingerprint density at radius 2 is 0.641 bits per heavy atom. The fourth-order valence-electron chi connectivity index (χ4n) is 14.0. The zero-order valence-corrected chi connectivity index (χ0v) is 65.1. The van der Waals surface area contributed by atoms with Crippen LogP contribution in [0.1, 0.15) is 119 Å². The second kappa shape index (κ2) is 43.6. The van der Waals surface area contributed by atoms with Gasteiger partial charge < -0.3 is 48.3 Å². The van der Waals surface area contributed by atoms with Gasteiger partial charge in [-0.25, -0.2) is 11.0 Å². The predicted molar refractivity (Wildman–Crippen MR) is 445 cm³/mol. The van der Waals surface area contributed by atoms with Crippen LogP contribution in [-0.4, -0.2) is 100 Å². The molecule has 0 spiro atoms. The third-order valence-electron chi connectivity index (χ3n) is 20.5. The summed E-state index contributed by atoms with van der Waals surface area (Å²) in [5, 5.41) is 21.2. The van der Waals surface area contributed by atoms with E-state index in [0.29, 0.717) is 84.3 Å². The Kier molecular flexibility index (Phi) is 34.9. The van der Waals surface area contributed by atoms with Crippen molar-refractivity contribution in [2.45, 2.75) is 133 Å². The Hall–Kier alpha value is -12.1. The number of carbonyl (C=O) groups excluding carboxylic acids is 7. The van der Waals surface area contributed by atoms with Crippen LogP contribution in [0.2, 0.25) is 0 Å². The van der Waals surface area contributed by atoms with Gasteiger partial charge in [0.1, 0.15) is 55.0 Å². The number of hydrogen-bond donors (Lipinski definition) is 5. The highest BCUT2D eigenvalue weighted by Gasteiger charge is 2.67. The largest absolute Gasteiger partial charge is 0.489 e. The van der Waals surface area contributed by atoms with Crippen LogP contribution >= 0.6 is 0 Å². The number of nitrogens with one attached hydrogen (secondary N) is 3. The van der Waals surface area contributed by atoms with E-state index >= 15 is 0 Å². The molecule has 4 aliphatic carbocycles. The van der Waals surface area contributed by atoms with E-state index in [1.165, 1.54) is 28.4 Å². The van der Waals surface area contributed by atoms with E-state index < -0.39 is 68.8 Å². The number of ether oxygens (including phenoxy) is 8. The molecule has 4 aliphatic rings. The summed E-state index contributed by atoms with van der Waals surface area (Å²) in [5.41, 5.74) is 9.00. The van der Waals surface area contributed by atoms with Gasteiger partial charge in [-0.15, -0.1) is 0 Å². The smallest absolute Gasteiger partial charge is 0.313 e. The first-order valence-electron chi connectivity index (χ1n) is 37.3. The summed E-state index contributed by atoms with van der Waals surface area (Å²) in [6, 6.07) is 79.4. The van der Waals surface area contributed by atoms with Crippen LogP contribution in [0.4, 0.5) is 0 Å². The number of hydroxylamine groups is 2. The van der Waals surface area contributed by atoms with Crippen LogP contribution in [0.15, 0.2) is 249 Å². The minimum atomic E-state index is -0.951. The molecule has 8 atom stereocenters. The number of methoxy groups -OCH3 is 3. The van der Waals surface area contributed by atoms with Crippen LogP contribution in [0.3, 0.4) is 0 Å². The first-order valence-corrected chi connectivity index (χ1v) is 37.3. The van der Waals surface area contributed by atoms with Gasteiger partial charge in [0.05, 0.1) is 73.8 Å². The molecule has 4 fully saturated rings. The minimum absolute atomic E-state index is 0. The van der Waals surface area contributed by atoms with Gasteiger partial charge in [-0.2, -0.15) is 0 Å². The summed E-state index contributed by atoms with van der Waals surface area (Å²) in [6.45, 7) is 7.79. The number of carboxylic acid groups (broad SMARTS) is 1. The molecule has 0 heterocycles. The van der Waals surface area contributed by atoms with Gasteiger partial charge in [0.25, 0.3) is 0 Å². The van der Waals surface area contributed by atoms with E-state index in [2.05, 4.69) is 15.6 Å². The number of carbonyl (C=O) groups is 8. The van der Waals surface area contributed by atoms with Crippen molar-refractivity contribution in [1.29, 1.82) is 0 Å². The SMILES string of the molecule is C.C.C.COC(=O)[C@@]1(Cc2ccc(OCc3ccccc3)cc2)C[C@@H]1C(=O)O.COC(=O)[C@@]1(Cc2ccc(OCc3ccccc3)cc2)C[C@@H]1C(=O)OC(C)(C)C.CONC(=O)[C@H]1C[C@]1(Cc1ccc(OCc2ccccc2)cc1)C(=O)OC.O=C(NO)[C@H]1C[C@]1(Cc1ccc(OCc2ccccc2)cc1)C(=O)NCc1ccccc1.[B]. The molecule has 0 unspecified atom stereocenters. The highest BCUT2D eigenvalue weighted by atomic mass is 16.6. The first-order chi connectivity index (χ1) is 54.5. The average molecular weight is 1600 g/mol. The van der Waals surface area contributed by atoms with E-state index in [-0.39, 0.29) is 60.4 Å². The molecule has 22 nitrogen and oxygen atoms in total. The number of rotatable bonds is 31. The molecule has 13 rings (SSSR count). The lowest BCUT2D eigenvalue weighted by molar-refractivity contribution is -0.161. The summed E-state index contributed by atoms with van der Waals surface area (Å²) < 4.78 is 43.4. The van der Waals surface area contributed by atoms with Crippen molar-refractivity contribution in [3.8, 4) is 23.0 Å². The monoisotopic (exact) mass is 1590 g/mol. The molecule has 0 aliphatic heterocycles. The normalized spacial score (nSPS) is 19.7. The van der Waals surface area contributed by atoms with Gasteiger partial charge in [-0.05, 0) is 171 Å². The second-order valence-corrected chi connectivity index (χ2v) is 29.7. The molecule has 617 valence electrons. The number of benzene rings is 9. The third-order valence-corrected chi connectivity index (χ3v) is 20.5.